The third-order valence-corrected chi connectivity index (χ3v) is 4.08. The highest BCUT2D eigenvalue weighted by atomic mass is 127. The number of rotatable bonds is 2. The number of ether oxygens (including phenoxy) is 1. The van der Waals surface area contributed by atoms with E-state index in [1.54, 1.807) is 10.6 Å². The van der Waals surface area contributed by atoms with Crippen LogP contribution in [0.3, 0.4) is 0 Å². The number of aromatic nitrogens is 2. The summed E-state index contributed by atoms with van der Waals surface area (Å²) in [5.74, 6) is -0.116. The Balaban J connectivity index is 2.33. The number of hydrogen-bond acceptors (Lipinski definition) is 3. The maximum absolute atomic E-state index is 13.8. The second-order valence-electron chi connectivity index (χ2n) is 4.38. The van der Waals surface area contributed by atoms with Crippen molar-refractivity contribution in [3.63, 3.8) is 0 Å². The predicted octanol–water partition coefficient (Wildman–Crippen LogP) is 4.01. The van der Waals surface area contributed by atoms with E-state index in [4.69, 9.17) is 22.1 Å². The molecule has 0 saturated carbocycles. The Morgan fingerprint density at radius 1 is 1.33 bits per heavy atom. The number of halogens is 3. The summed E-state index contributed by atoms with van der Waals surface area (Å²) in [6, 6.07) is 8.43. The van der Waals surface area contributed by atoms with E-state index in [1.165, 1.54) is 13.2 Å². The third kappa shape index (κ3) is 2.42. The molecule has 3 rings (SSSR count). The van der Waals surface area contributed by atoms with Crippen LogP contribution >= 0.6 is 34.2 Å². The molecule has 0 unspecified atom stereocenters. The largest absolute Gasteiger partial charge is 0.494 e. The Morgan fingerprint density at radius 2 is 2.10 bits per heavy atom. The predicted molar refractivity (Wildman–Crippen MR) is 89.7 cm³/mol. The minimum absolute atomic E-state index is 0.130. The summed E-state index contributed by atoms with van der Waals surface area (Å²) < 4.78 is 21.4. The molecule has 0 aliphatic heterocycles. The van der Waals surface area contributed by atoms with Gasteiger partial charge >= 0.3 is 0 Å². The summed E-state index contributed by atoms with van der Waals surface area (Å²) in [5, 5.41) is 0.538. The van der Waals surface area contributed by atoms with Crippen LogP contribution in [0.2, 0.25) is 5.02 Å². The Hall–Kier alpha value is -1.54. The van der Waals surface area contributed by atoms with Gasteiger partial charge in [0.05, 0.1) is 28.9 Å². The van der Waals surface area contributed by atoms with Gasteiger partial charge in [-0.25, -0.2) is 9.37 Å². The first-order chi connectivity index (χ1) is 10.0. The van der Waals surface area contributed by atoms with Crippen molar-refractivity contribution >= 4 is 51.2 Å². The molecular formula is C14H10ClFIN3O. The van der Waals surface area contributed by atoms with Crippen LogP contribution in [0, 0.1) is 9.39 Å². The van der Waals surface area contributed by atoms with Crippen LogP contribution in [0.1, 0.15) is 0 Å². The minimum atomic E-state index is -0.483. The van der Waals surface area contributed by atoms with E-state index in [2.05, 4.69) is 27.6 Å². The maximum Gasteiger partial charge on any atom is 0.205 e. The van der Waals surface area contributed by atoms with E-state index in [0.717, 1.165) is 3.57 Å². The van der Waals surface area contributed by atoms with Crippen molar-refractivity contribution < 1.29 is 9.13 Å². The smallest absolute Gasteiger partial charge is 0.205 e. The van der Waals surface area contributed by atoms with Crippen molar-refractivity contribution in [1.82, 2.24) is 9.55 Å². The van der Waals surface area contributed by atoms with Gasteiger partial charge in [-0.3, -0.25) is 4.57 Å². The lowest BCUT2D eigenvalue weighted by Crippen LogP contribution is -2.01. The van der Waals surface area contributed by atoms with E-state index in [-0.39, 0.29) is 11.7 Å². The lowest BCUT2D eigenvalue weighted by molar-refractivity contribution is 0.387. The summed E-state index contributed by atoms with van der Waals surface area (Å²) in [6.07, 6.45) is 0. The molecule has 7 heteroatoms. The zero-order valence-corrected chi connectivity index (χ0v) is 13.8. The second kappa shape index (κ2) is 5.34. The van der Waals surface area contributed by atoms with E-state index < -0.39 is 5.82 Å². The molecule has 0 saturated heterocycles. The maximum atomic E-state index is 13.8. The van der Waals surface area contributed by atoms with Crippen LogP contribution in [0.15, 0.2) is 30.3 Å². The molecule has 0 spiro atoms. The fourth-order valence-corrected chi connectivity index (χ4v) is 3.11. The van der Waals surface area contributed by atoms with Gasteiger partial charge in [0.25, 0.3) is 0 Å². The van der Waals surface area contributed by atoms with Gasteiger partial charge in [-0.1, -0.05) is 11.6 Å². The highest BCUT2D eigenvalue weighted by molar-refractivity contribution is 14.1. The van der Waals surface area contributed by atoms with E-state index in [9.17, 15) is 4.39 Å². The van der Waals surface area contributed by atoms with Crippen molar-refractivity contribution in [2.75, 3.05) is 12.8 Å². The standard InChI is InChI=1S/C14H10ClFIN3O/c1-21-13-6-12-10(5-9(13)16)19-14(18)20(12)11-3-2-7(17)4-8(11)15/h2-6H,1H3,(H2,18,19). The van der Waals surface area contributed by atoms with Gasteiger partial charge in [-0.15, -0.1) is 0 Å². The van der Waals surface area contributed by atoms with Gasteiger partial charge in [0.15, 0.2) is 11.6 Å². The molecule has 1 aromatic heterocycles. The first-order valence-electron chi connectivity index (χ1n) is 5.98. The Labute approximate surface area is 138 Å². The average molecular weight is 418 g/mol. The van der Waals surface area contributed by atoms with Crippen molar-refractivity contribution in [3.05, 3.63) is 44.7 Å². The molecule has 108 valence electrons. The molecule has 1 heterocycles. The van der Waals surface area contributed by atoms with Crippen molar-refractivity contribution in [1.29, 1.82) is 0 Å². The monoisotopic (exact) mass is 417 g/mol. The number of hydrogen-bond donors (Lipinski definition) is 1. The molecule has 0 fully saturated rings. The van der Waals surface area contributed by atoms with Crippen molar-refractivity contribution in [3.8, 4) is 11.4 Å². The number of nitrogens with zero attached hydrogens (tertiary/aromatic N) is 2. The van der Waals surface area contributed by atoms with Gasteiger partial charge in [-0.2, -0.15) is 0 Å². The van der Waals surface area contributed by atoms with Gasteiger partial charge in [0.1, 0.15) is 0 Å². The van der Waals surface area contributed by atoms with Crippen molar-refractivity contribution in [2.45, 2.75) is 0 Å². The van der Waals surface area contributed by atoms with Crippen LogP contribution in [0.4, 0.5) is 10.3 Å². The Bertz CT molecular complexity index is 850. The van der Waals surface area contributed by atoms with Gasteiger partial charge in [-0.05, 0) is 40.8 Å². The molecule has 2 aromatic carbocycles. The topological polar surface area (TPSA) is 53.1 Å². The normalized spacial score (nSPS) is 11.0. The number of fused-ring (bicyclic) bond motifs is 1. The SMILES string of the molecule is COc1cc2c(cc1F)nc(N)n2-c1ccc(I)cc1Cl. The first-order valence-corrected chi connectivity index (χ1v) is 7.44. The molecule has 2 N–H and O–H groups in total. The average Bonchev–Trinajstić information content (AvgIpc) is 2.73. The summed E-state index contributed by atoms with van der Waals surface area (Å²) in [6.45, 7) is 0. The molecule has 4 nitrogen and oxygen atoms in total. The number of methoxy groups -OCH3 is 1. The van der Waals surface area contributed by atoms with Crippen molar-refractivity contribution in [2.24, 2.45) is 0 Å². The highest BCUT2D eigenvalue weighted by Crippen LogP contribution is 2.32. The molecule has 0 aliphatic rings. The molecule has 0 amide bonds. The molecule has 21 heavy (non-hydrogen) atoms. The number of benzene rings is 2. The molecule has 0 atom stereocenters. The second-order valence-corrected chi connectivity index (χ2v) is 6.03. The van der Waals surface area contributed by atoms with E-state index in [1.807, 2.05) is 18.2 Å². The van der Waals surface area contributed by atoms with Crippen LogP contribution in [-0.4, -0.2) is 16.7 Å². The number of anilines is 1. The van der Waals surface area contributed by atoms with Gasteiger partial charge in [0.2, 0.25) is 5.95 Å². The van der Waals surface area contributed by atoms with E-state index in [0.29, 0.717) is 21.7 Å². The van der Waals surface area contributed by atoms with Gasteiger partial charge in [0, 0.05) is 15.7 Å². The number of imidazole rings is 1. The summed E-state index contributed by atoms with van der Waals surface area (Å²) in [5.41, 5.74) is 7.73. The lowest BCUT2D eigenvalue weighted by Gasteiger charge is -2.10. The number of nitrogens with two attached hydrogens (primary N) is 1. The number of nitrogen functional groups attached to an aromatic ring is 1. The van der Waals surface area contributed by atoms with Crippen LogP contribution in [0.25, 0.3) is 16.7 Å². The molecule has 0 bridgehead atoms. The van der Waals surface area contributed by atoms with Crippen LogP contribution < -0.4 is 10.5 Å². The highest BCUT2D eigenvalue weighted by Gasteiger charge is 2.16. The zero-order chi connectivity index (χ0) is 15.1. The fraction of sp³-hybridized carbons (Fsp3) is 0.0714. The summed E-state index contributed by atoms with van der Waals surface area (Å²) in [4.78, 5) is 4.17. The Kier molecular flexibility index (Phi) is 3.66. The summed E-state index contributed by atoms with van der Waals surface area (Å²) in [7, 11) is 1.41. The fourth-order valence-electron chi connectivity index (χ4n) is 2.17. The van der Waals surface area contributed by atoms with Crippen LogP contribution in [-0.2, 0) is 0 Å². The van der Waals surface area contributed by atoms with Gasteiger partial charge < -0.3 is 10.5 Å². The Morgan fingerprint density at radius 3 is 2.76 bits per heavy atom. The lowest BCUT2D eigenvalue weighted by atomic mass is 10.2. The summed E-state index contributed by atoms with van der Waals surface area (Å²) >= 11 is 8.46. The first kappa shape index (κ1) is 14.4. The quantitative estimate of drug-likeness (QED) is 0.641. The molecule has 3 aromatic rings. The molecular weight excluding hydrogens is 408 g/mol. The zero-order valence-electron chi connectivity index (χ0n) is 10.9. The molecule has 0 aliphatic carbocycles. The van der Waals surface area contributed by atoms with E-state index >= 15 is 0 Å². The van der Waals surface area contributed by atoms with Crippen LogP contribution in [0.5, 0.6) is 5.75 Å². The third-order valence-electron chi connectivity index (χ3n) is 3.10. The molecule has 0 radical (unpaired) electrons. The minimum Gasteiger partial charge on any atom is -0.494 e.